The van der Waals surface area contributed by atoms with Gasteiger partial charge in [-0.25, -0.2) is 4.98 Å². The Morgan fingerprint density at radius 1 is 1.58 bits per heavy atom. The highest BCUT2D eigenvalue weighted by molar-refractivity contribution is 6.32. The molecule has 1 aliphatic rings. The van der Waals surface area contributed by atoms with Crippen LogP contribution in [0.1, 0.15) is 19.8 Å². The van der Waals surface area contributed by atoms with Gasteiger partial charge in [-0.15, -0.1) is 0 Å². The number of anilines is 2. The van der Waals surface area contributed by atoms with E-state index in [1.165, 1.54) is 6.20 Å². The smallest absolute Gasteiger partial charge is 0.239 e. The maximum Gasteiger partial charge on any atom is 0.239 e. The summed E-state index contributed by atoms with van der Waals surface area (Å²) in [6.45, 7) is 2.93. The molecule has 0 bridgehead atoms. The molecule has 1 aromatic heterocycles. The molecule has 0 aliphatic heterocycles. The molecule has 0 spiro atoms. The van der Waals surface area contributed by atoms with Gasteiger partial charge in [0.1, 0.15) is 5.02 Å². The minimum atomic E-state index is -0.00956. The van der Waals surface area contributed by atoms with Gasteiger partial charge in [0.05, 0.1) is 12.7 Å². The molecule has 2 N–H and O–H groups in total. The molecule has 1 heterocycles. The van der Waals surface area contributed by atoms with Crippen LogP contribution in [0.2, 0.25) is 5.02 Å². The number of nitrogens with zero attached hydrogens (tertiary/aromatic N) is 3. The van der Waals surface area contributed by atoms with Crippen LogP contribution in [0.15, 0.2) is 6.20 Å². The lowest BCUT2D eigenvalue weighted by Crippen LogP contribution is -2.36. The third-order valence-corrected chi connectivity index (χ3v) is 3.01. The molecule has 1 aliphatic carbocycles. The van der Waals surface area contributed by atoms with Gasteiger partial charge in [0, 0.05) is 19.6 Å². The Morgan fingerprint density at radius 2 is 2.32 bits per heavy atom. The maximum atomic E-state index is 11.7. The van der Waals surface area contributed by atoms with Crippen LogP contribution in [-0.4, -0.2) is 42.1 Å². The van der Waals surface area contributed by atoms with Gasteiger partial charge < -0.3 is 15.5 Å². The second-order valence-corrected chi connectivity index (χ2v) is 5.00. The molecule has 1 fully saturated rings. The van der Waals surface area contributed by atoms with Gasteiger partial charge in [-0.1, -0.05) is 11.6 Å². The average Bonchev–Trinajstić information content (AvgIpc) is 3.15. The van der Waals surface area contributed by atoms with Crippen LogP contribution in [0.5, 0.6) is 0 Å². The van der Waals surface area contributed by atoms with Crippen molar-refractivity contribution in [3.63, 3.8) is 0 Å². The highest BCUT2D eigenvalue weighted by Gasteiger charge is 2.24. The summed E-state index contributed by atoms with van der Waals surface area (Å²) < 4.78 is 0. The van der Waals surface area contributed by atoms with Crippen LogP contribution < -0.4 is 15.5 Å². The third-order valence-electron chi connectivity index (χ3n) is 2.75. The zero-order valence-electron chi connectivity index (χ0n) is 11.1. The van der Waals surface area contributed by atoms with Crippen molar-refractivity contribution in [2.75, 3.05) is 30.4 Å². The van der Waals surface area contributed by atoms with Crippen LogP contribution in [0.3, 0.4) is 0 Å². The van der Waals surface area contributed by atoms with Crippen molar-refractivity contribution in [2.24, 2.45) is 0 Å². The maximum absolute atomic E-state index is 11.7. The molecule has 7 heteroatoms. The van der Waals surface area contributed by atoms with Crippen LogP contribution >= 0.6 is 11.6 Å². The van der Waals surface area contributed by atoms with Gasteiger partial charge in [-0.2, -0.15) is 4.98 Å². The zero-order valence-corrected chi connectivity index (χ0v) is 11.9. The summed E-state index contributed by atoms with van der Waals surface area (Å²) in [5, 5.41) is 6.38. The minimum Gasteiger partial charge on any atom is -0.354 e. The third kappa shape index (κ3) is 3.96. The van der Waals surface area contributed by atoms with Crippen LogP contribution in [0.4, 0.5) is 11.8 Å². The SMILES string of the molecule is CCNc1ncc(Cl)c(N(C)CC(=O)NC2CC2)n1. The quantitative estimate of drug-likeness (QED) is 0.823. The molecule has 104 valence electrons. The first-order chi connectivity index (χ1) is 9.10. The summed E-state index contributed by atoms with van der Waals surface area (Å²) in [7, 11) is 1.79. The zero-order chi connectivity index (χ0) is 13.8. The first-order valence-electron chi connectivity index (χ1n) is 6.37. The first kappa shape index (κ1) is 13.9. The Hall–Kier alpha value is -1.56. The largest absolute Gasteiger partial charge is 0.354 e. The van der Waals surface area contributed by atoms with E-state index in [2.05, 4.69) is 20.6 Å². The molecule has 1 aromatic rings. The Balaban J connectivity index is 2.01. The second-order valence-electron chi connectivity index (χ2n) is 4.59. The predicted octanol–water partition coefficient (Wildman–Crippen LogP) is 1.28. The number of amides is 1. The van der Waals surface area contributed by atoms with Crippen molar-refractivity contribution in [2.45, 2.75) is 25.8 Å². The highest BCUT2D eigenvalue weighted by atomic mass is 35.5. The van der Waals surface area contributed by atoms with E-state index in [1.54, 1.807) is 11.9 Å². The van der Waals surface area contributed by atoms with E-state index in [9.17, 15) is 4.79 Å². The molecule has 6 nitrogen and oxygen atoms in total. The standard InChI is InChI=1S/C12H18ClN5O/c1-3-14-12-15-6-9(13)11(17-12)18(2)7-10(19)16-8-4-5-8/h6,8H,3-5,7H2,1-2H3,(H,16,19)(H,14,15,17). The van der Waals surface area contributed by atoms with E-state index in [-0.39, 0.29) is 12.5 Å². The topological polar surface area (TPSA) is 70.2 Å². The molecule has 0 radical (unpaired) electrons. The van der Waals surface area contributed by atoms with E-state index >= 15 is 0 Å². The average molecular weight is 284 g/mol. The molecule has 0 saturated heterocycles. The summed E-state index contributed by atoms with van der Waals surface area (Å²) in [4.78, 5) is 21.8. The van der Waals surface area contributed by atoms with Crippen molar-refractivity contribution < 1.29 is 4.79 Å². The Morgan fingerprint density at radius 3 is 2.95 bits per heavy atom. The molecule has 0 aromatic carbocycles. The molecule has 0 atom stereocenters. The molecular weight excluding hydrogens is 266 g/mol. The molecule has 19 heavy (non-hydrogen) atoms. The fourth-order valence-corrected chi connectivity index (χ4v) is 1.90. The summed E-state index contributed by atoms with van der Waals surface area (Å²) in [6, 6.07) is 0.360. The van der Waals surface area contributed by atoms with Crippen molar-refractivity contribution >= 4 is 29.3 Å². The van der Waals surface area contributed by atoms with Gasteiger partial charge in [0.25, 0.3) is 0 Å². The fourth-order valence-electron chi connectivity index (χ4n) is 1.66. The summed E-state index contributed by atoms with van der Waals surface area (Å²) >= 11 is 6.07. The van der Waals surface area contributed by atoms with Gasteiger partial charge >= 0.3 is 0 Å². The van der Waals surface area contributed by atoms with E-state index < -0.39 is 0 Å². The van der Waals surface area contributed by atoms with Crippen LogP contribution in [-0.2, 0) is 4.79 Å². The lowest BCUT2D eigenvalue weighted by atomic mass is 10.4. The minimum absolute atomic E-state index is 0.00956. The van der Waals surface area contributed by atoms with Crippen molar-refractivity contribution in [3.05, 3.63) is 11.2 Å². The van der Waals surface area contributed by atoms with E-state index in [0.717, 1.165) is 19.4 Å². The van der Waals surface area contributed by atoms with E-state index in [1.807, 2.05) is 6.92 Å². The summed E-state index contributed by atoms with van der Waals surface area (Å²) in [5.74, 6) is 1.06. The van der Waals surface area contributed by atoms with Gasteiger partial charge in [0.2, 0.25) is 11.9 Å². The molecule has 2 rings (SSSR count). The van der Waals surface area contributed by atoms with Crippen molar-refractivity contribution in [1.29, 1.82) is 0 Å². The number of aromatic nitrogens is 2. The highest BCUT2D eigenvalue weighted by Crippen LogP contribution is 2.23. The number of nitrogens with one attached hydrogen (secondary N) is 2. The molecule has 1 saturated carbocycles. The Bertz CT molecular complexity index is 463. The number of halogens is 1. The van der Waals surface area contributed by atoms with E-state index in [0.29, 0.717) is 22.8 Å². The number of carbonyl (C=O) groups excluding carboxylic acids is 1. The van der Waals surface area contributed by atoms with Gasteiger partial charge in [0.15, 0.2) is 5.82 Å². The Labute approximate surface area is 117 Å². The lowest BCUT2D eigenvalue weighted by molar-refractivity contribution is -0.119. The molecule has 0 unspecified atom stereocenters. The van der Waals surface area contributed by atoms with Gasteiger partial charge in [-0.3, -0.25) is 4.79 Å². The predicted molar refractivity (Wildman–Crippen MR) is 75.6 cm³/mol. The van der Waals surface area contributed by atoms with Crippen LogP contribution in [0.25, 0.3) is 0 Å². The monoisotopic (exact) mass is 283 g/mol. The lowest BCUT2D eigenvalue weighted by Gasteiger charge is -2.19. The summed E-state index contributed by atoms with van der Waals surface area (Å²) in [6.07, 6.45) is 3.69. The summed E-state index contributed by atoms with van der Waals surface area (Å²) in [5.41, 5.74) is 0. The molecule has 1 amide bonds. The Kier molecular flexibility index (Phi) is 4.42. The number of likely N-dealkylation sites (N-methyl/N-ethyl adjacent to an activating group) is 1. The fraction of sp³-hybridized carbons (Fsp3) is 0.583. The van der Waals surface area contributed by atoms with Gasteiger partial charge in [-0.05, 0) is 19.8 Å². The first-order valence-corrected chi connectivity index (χ1v) is 6.75. The van der Waals surface area contributed by atoms with E-state index in [4.69, 9.17) is 11.6 Å². The number of rotatable bonds is 6. The molecular formula is C12H18ClN5O. The van der Waals surface area contributed by atoms with Crippen LogP contribution in [0, 0.1) is 0 Å². The number of carbonyl (C=O) groups is 1. The second kappa shape index (κ2) is 6.06. The van der Waals surface area contributed by atoms with Crippen molar-refractivity contribution in [1.82, 2.24) is 15.3 Å². The number of hydrogen-bond donors (Lipinski definition) is 2. The number of hydrogen-bond acceptors (Lipinski definition) is 5. The van der Waals surface area contributed by atoms with Crippen molar-refractivity contribution in [3.8, 4) is 0 Å². The normalized spacial score (nSPS) is 14.1.